The summed E-state index contributed by atoms with van der Waals surface area (Å²) >= 11 is 1.85. The third-order valence-corrected chi connectivity index (χ3v) is 5.28. The van der Waals surface area contributed by atoms with Crippen LogP contribution in [0.2, 0.25) is 0 Å². The maximum Gasteiger partial charge on any atom is 0.255 e. The monoisotopic (exact) mass is 328 g/mol. The molecule has 1 aromatic heterocycles. The average molecular weight is 328 g/mol. The van der Waals surface area contributed by atoms with E-state index in [0.29, 0.717) is 17.2 Å². The Hall–Kier alpha value is -1.85. The third-order valence-electron chi connectivity index (χ3n) is 4.04. The predicted octanol–water partition coefficient (Wildman–Crippen LogP) is 2.83. The van der Waals surface area contributed by atoms with Crippen LogP contribution in [0.25, 0.3) is 0 Å². The standard InChI is InChI=1S/C18H20N2O2S/c21-12-16-7-6-15(10-19-16)18(22)20-9-8-14(11-20)13-23-17-4-2-1-3-5-17/h1-7,10,14,21H,8-9,11-13H2. The molecule has 0 saturated carbocycles. The van der Waals surface area contributed by atoms with Gasteiger partial charge in [0.25, 0.3) is 5.91 Å². The van der Waals surface area contributed by atoms with Crippen LogP contribution < -0.4 is 0 Å². The van der Waals surface area contributed by atoms with E-state index in [9.17, 15) is 4.79 Å². The van der Waals surface area contributed by atoms with Crippen molar-refractivity contribution in [3.05, 3.63) is 59.9 Å². The molecule has 1 fully saturated rings. The fraction of sp³-hybridized carbons (Fsp3) is 0.333. The van der Waals surface area contributed by atoms with Gasteiger partial charge in [0.2, 0.25) is 0 Å². The molecule has 2 aromatic rings. The molecular weight excluding hydrogens is 308 g/mol. The topological polar surface area (TPSA) is 53.4 Å². The molecular formula is C18H20N2O2S. The van der Waals surface area contributed by atoms with Gasteiger partial charge in [-0.05, 0) is 36.6 Å². The van der Waals surface area contributed by atoms with Crippen molar-refractivity contribution in [2.24, 2.45) is 5.92 Å². The van der Waals surface area contributed by atoms with E-state index in [4.69, 9.17) is 5.11 Å². The van der Waals surface area contributed by atoms with Gasteiger partial charge in [-0.15, -0.1) is 11.8 Å². The van der Waals surface area contributed by atoms with Crippen molar-refractivity contribution in [3.8, 4) is 0 Å². The highest BCUT2D eigenvalue weighted by atomic mass is 32.2. The zero-order valence-corrected chi connectivity index (χ0v) is 13.7. The van der Waals surface area contributed by atoms with Gasteiger partial charge in [0.05, 0.1) is 17.9 Å². The number of nitrogens with zero attached hydrogens (tertiary/aromatic N) is 2. The normalized spacial score (nSPS) is 17.4. The number of thioether (sulfide) groups is 1. The lowest BCUT2D eigenvalue weighted by Gasteiger charge is -2.16. The summed E-state index contributed by atoms with van der Waals surface area (Å²) in [6.07, 6.45) is 2.60. The number of benzene rings is 1. The van der Waals surface area contributed by atoms with E-state index in [0.717, 1.165) is 25.3 Å². The minimum absolute atomic E-state index is 0.0363. The van der Waals surface area contributed by atoms with Gasteiger partial charge in [-0.3, -0.25) is 9.78 Å². The van der Waals surface area contributed by atoms with Crippen LogP contribution in [0, 0.1) is 5.92 Å². The molecule has 1 aliphatic rings. The molecule has 5 heteroatoms. The van der Waals surface area contributed by atoms with Gasteiger partial charge in [-0.1, -0.05) is 18.2 Å². The van der Waals surface area contributed by atoms with Crippen molar-refractivity contribution in [1.82, 2.24) is 9.88 Å². The number of aliphatic hydroxyl groups excluding tert-OH is 1. The number of hydrogen-bond donors (Lipinski definition) is 1. The van der Waals surface area contributed by atoms with E-state index in [1.807, 2.05) is 22.7 Å². The Morgan fingerprint density at radius 1 is 1.26 bits per heavy atom. The van der Waals surface area contributed by atoms with E-state index in [1.165, 1.54) is 4.90 Å². The molecule has 1 amide bonds. The quantitative estimate of drug-likeness (QED) is 0.858. The molecule has 120 valence electrons. The van der Waals surface area contributed by atoms with Crippen LogP contribution in [0.3, 0.4) is 0 Å². The molecule has 1 saturated heterocycles. The Kier molecular flexibility index (Phi) is 5.31. The van der Waals surface area contributed by atoms with Crippen LogP contribution in [0.5, 0.6) is 0 Å². The van der Waals surface area contributed by atoms with E-state index in [1.54, 1.807) is 18.3 Å². The average Bonchev–Trinajstić information content (AvgIpc) is 3.09. The number of carbonyl (C=O) groups excluding carboxylic acids is 1. The van der Waals surface area contributed by atoms with Crippen molar-refractivity contribution in [3.63, 3.8) is 0 Å². The SMILES string of the molecule is O=C(c1ccc(CO)nc1)N1CCC(CSc2ccccc2)C1. The predicted molar refractivity (Wildman–Crippen MR) is 91.3 cm³/mol. The van der Waals surface area contributed by atoms with Crippen LogP contribution in [-0.4, -0.2) is 39.7 Å². The lowest BCUT2D eigenvalue weighted by molar-refractivity contribution is 0.0788. The molecule has 1 atom stereocenters. The molecule has 23 heavy (non-hydrogen) atoms. The highest BCUT2D eigenvalue weighted by Gasteiger charge is 2.27. The number of rotatable bonds is 5. The first-order chi connectivity index (χ1) is 11.3. The maximum atomic E-state index is 12.5. The second kappa shape index (κ2) is 7.62. The largest absolute Gasteiger partial charge is 0.390 e. The second-order valence-corrected chi connectivity index (χ2v) is 6.82. The van der Waals surface area contributed by atoms with Crippen LogP contribution >= 0.6 is 11.8 Å². The summed E-state index contributed by atoms with van der Waals surface area (Å²) in [5.74, 6) is 1.61. The summed E-state index contributed by atoms with van der Waals surface area (Å²) in [7, 11) is 0. The second-order valence-electron chi connectivity index (χ2n) is 5.73. The summed E-state index contributed by atoms with van der Waals surface area (Å²) in [4.78, 5) is 19.8. The van der Waals surface area contributed by atoms with Gasteiger partial charge in [-0.2, -0.15) is 0 Å². The summed E-state index contributed by atoms with van der Waals surface area (Å²) in [6, 6.07) is 13.8. The molecule has 1 aromatic carbocycles. The van der Waals surface area contributed by atoms with Gasteiger partial charge in [0.1, 0.15) is 0 Å². The minimum atomic E-state index is -0.100. The van der Waals surface area contributed by atoms with Crippen LogP contribution in [-0.2, 0) is 6.61 Å². The summed E-state index contributed by atoms with van der Waals surface area (Å²) in [6.45, 7) is 1.51. The molecule has 1 unspecified atom stereocenters. The summed E-state index contributed by atoms with van der Waals surface area (Å²) < 4.78 is 0. The lowest BCUT2D eigenvalue weighted by Crippen LogP contribution is -2.29. The summed E-state index contributed by atoms with van der Waals surface area (Å²) in [5, 5.41) is 9.01. The van der Waals surface area contributed by atoms with Crippen LogP contribution in [0.1, 0.15) is 22.5 Å². The number of likely N-dealkylation sites (tertiary alicyclic amines) is 1. The summed E-state index contributed by atoms with van der Waals surface area (Å²) in [5.41, 5.74) is 1.18. The van der Waals surface area contributed by atoms with Crippen LogP contribution in [0.15, 0.2) is 53.6 Å². The number of hydrogen-bond acceptors (Lipinski definition) is 4. The number of amides is 1. The number of pyridine rings is 1. The molecule has 1 N–H and O–H groups in total. The third kappa shape index (κ3) is 4.12. The van der Waals surface area contributed by atoms with Crippen molar-refractivity contribution >= 4 is 17.7 Å². The van der Waals surface area contributed by atoms with E-state index < -0.39 is 0 Å². The number of aliphatic hydroxyl groups is 1. The maximum absolute atomic E-state index is 12.5. The minimum Gasteiger partial charge on any atom is -0.390 e. The Morgan fingerprint density at radius 3 is 2.78 bits per heavy atom. The molecule has 2 heterocycles. The van der Waals surface area contributed by atoms with Crippen molar-refractivity contribution in [1.29, 1.82) is 0 Å². The first-order valence-corrected chi connectivity index (χ1v) is 8.77. The van der Waals surface area contributed by atoms with E-state index in [-0.39, 0.29) is 12.5 Å². The molecule has 1 aliphatic heterocycles. The van der Waals surface area contributed by atoms with Crippen molar-refractivity contribution in [2.75, 3.05) is 18.8 Å². The van der Waals surface area contributed by atoms with Gasteiger partial charge in [0, 0.05) is 29.9 Å². The number of carbonyl (C=O) groups is 1. The van der Waals surface area contributed by atoms with Gasteiger partial charge in [0.15, 0.2) is 0 Å². The molecule has 0 spiro atoms. The Bertz CT molecular complexity index is 646. The van der Waals surface area contributed by atoms with Gasteiger partial charge < -0.3 is 10.0 Å². The Morgan fingerprint density at radius 2 is 2.09 bits per heavy atom. The first kappa shape index (κ1) is 16.0. The first-order valence-electron chi connectivity index (χ1n) is 7.79. The molecule has 0 bridgehead atoms. The smallest absolute Gasteiger partial charge is 0.255 e. The molecule has 4 nitrogen and oxygen atoms in total. The fourth-order valence-corrected chi connectivity index (χ4v) is 3.76. The molecule has 0 aliphatic carbocycles. The highest BCUT2D eigenvalue weighted by molar-refractivity contribution is 7.99. The Labute approximate surface area is 140 Å². The fourth-order valence-electron chi connectivity index (χ4n) is 2.71. The Balaban J connectivity index is 1.53. The van der Waals surface area contributed by atoms with Crippen molar-refractivity contribution < 1.29 is 9.90 Å². The van der Waals surface area contributed by atoms with Gasteiger partial charge >= 0.3 is 0 Å². The van der Waals surface area contributed by atoms with Crippen LogP contribution in [0.4, 0.5) is 0 Å². The number of aromatic nitrogens is 1. The highest BCUT2D eigenvalue weighted by Crippen LogP contribution is 2.26. The van der Waals surface area contributed by atoms with E-state index in [2.05, 4.69) is 29.2 Å². The zero-order valence-electron chi connectivity index (χ0n) is 12.9. The van der Waals surface area contributed by atoms with Gasteiger partial charge in [-0.25, -0.2) is 0 Å². The van der Waals surface area contributed by atoms with E-state index >= 15 is 0 Å². The lowest BCUT2D eigenvalue weighted by atomic mass is 10.2. The zero-order chi connectivity index (χ0) is 16.1. The van der Waals surface area contributed by atoms with Crippen molar-refractivity contribution in [2.45, 2.75) is 17.9 Å². The molecule has 3 rings (SSSR count). The molecule has 0 radical (unpaired) electrons.